The fraction of sp³-hybridized carbons (Fsp3) is 0.0526. The third-order valence-corrected chi connectivity index (χ3v) is 9.17. The first-order valence-electron chi connectivity index (χ1n) is 15.6. The van der Waals surface area contributed by atoms with E-state index in [1.807, 2.05) is 0 Å². The summed E-state index contributed by atoms with van der Waals surface area (Å²) in [6.07, 6.45) is 0. The van der Waals surface area contributed by atoms with Crippen LogP contribution in [0.4, 0.5) is 99.2 Å². The van der Waals surface area contributed by atoms with Crippen LogP contribution < -0.4 is 4.48 Å². The predicted octanol–water partition coefficient (Wildman–Crippen LogP) is 13.0. The third kappa shape index (κ3) is 6.07. The maximum atomic E-state index is 16.1. The average molecular weight is 862 g/mol. The molecule has 1 nitrogen and oxygen atoms in total. The van der Waals surface area contributed by atoms with Crippen molar-refractivity contribution in [3.8, 4) is 44.5 Å². The summed E-state index contributed by atoms with van der Waals surface area (Å²) >= 11 is 0. The number of quaternary nitrogens is 1. The minimum absolute atomic E-state index is 0.137. The normalized spacial score (nSPS) is 11.9. The minimum Gasteiger partial charge on any atom is -0.263 e. The maximum absolute atomic E-state index is 16.1. The zero-order valence-corrected chi connectivity index (χ0v) is 28.5. The van der Waals surface area contributed by atoms with Crippen molar-refractivity contribution in [2.24, 2.45) is 0 Å². The molecule has 6 aromatic rings. The first-order valence-corrected chi connectivity index (χ1v) is 15.6. The zero-order chi connectivity index (χ0) is 44.1. The van der Waals surface area contributed by atoms with Crippen molar-refractivity contribution in [3.05, 3.63) is 153 Å². The number of rotatable bonds is 6. The fourth-order valence-corrected chi connectivity index (χ4v) is 6.32. The Morgan fingerprint density at radius 2 is 0.525 bits per heavy atom. The van der Waals surface area contributed by atoms with Crippen LogP contribution in [0.3, 0.4) is 0 Å². The van der Waals surface area contributed by atoms with Crippen LogP contribution in [-0.2, 0) is 0 Å². The van der Waals surface area contributed by atoms with E-state index in [0.29, 0.717) is 0 Å². The van der Waals surface area contributed by atoms with Gasteiger partial charge in [0.1, 0.15) is 11.4 Å². The largest absolute Gasteiger partial charge is 0.263 e. The highest BCUT2D eigenvalue weighted by Crippen LogP contribution is 2.57. The first-order chi connectivity index (χ1) is 27.4. The van der Waals surface area contributed by atoms with Crippen LogP contribution >= 0.6 is 0 Å². The van der Waals surface area contributed by atoms with Gasteiger partial charge in [-0.2, -0.15) is 0 Å². The van der Waals surface area contributed by atoms with Gasteiger partial charge in [0.05, 0.1) is 41.9 Å². The average Bonchev–Trinajstić information content (AvgIpc) is 3.22. The summed E-state index contributed by atoms with van der Waals surface area (Å²) in [5.41, 5.74) is -21.9. The molecule has 0 amide bonds. The van der Waals surface area contributed by atoms with Gasteiger partial charge in [0, 0.05) is 22.8 Å². The molecule has 0 aromatic heterocycles. The number of halogens is 20. The Hall–Kier alpha value is -6.12. The summed E-state index contributed by atoms with van der Waals surface area (Å²) < 4.78 is 304. The molecule has 6 rings (SSSR count). The van der Waals surface area contributed by atoms with Gasteiger partial charge in [-0.15, -0.1) is 0 Å². The van der Waals surface area contributed by atoms with Crippen molar-refractivity contribution in [2.75, 3.05) is 14.1 Å². The lowest BCUT2D eigenvalue weighted by Gasteiger charge is -2.34. The molecule has 0 atom stereocenters. The SMILES string of the molecule is C[N+](C)(c1ccccc1)c1cc(-c2c(F)c(F)c(F)c(F)c2F)c(-c2c(F)c(F)c(F)c(F)c2F)c(-c2c(F)c(F)c(F)c(F)c2F)c1-c1c(F)c(F)c(F)c(F)c1F. The van der Waals surface area contributed by atoms with Gasteiger partial charge < -0.3 is 0 Å². The summed E-state index contributed by atoms with van der Waals surface area (Å²) in [5, 5.41) is 0. The number of hydrogen-bond acceptors (Lipinski definition) is 0. The van der Waals surface area contributed by atoms with Crippen molar-refractivity contribution < 1.29 is 87.8 Å². The summed E-state index contributed by atoms with van der Waals surface area (Å²) in [5.74, 6) is -61.8. The molecule has 0 aliphatic heterocycles. The molecule has 0 aliphatic rings. The van der Waals surface area contributed by atoms with E-state index < -0.39 is 171 Å². The number of hydrogen-bond donors (Lipinski definition) is 0. The number of nitrogens with zero attached hydrogens (tertiary/aromatic N) is 1. The van der Waals surface area contributed by atoms with Crippen LogP contribution in [0.5, 0.6) is 0 Å². The van der Waals surface area contributed by atoms with Gasteiger partial charge in [-0.25, -0.2) is 87.8 Å². The van der Waals surface area contributed by atoms with Crippen molar-refractivity contribution in [1.29, 1.82) is 0 Å². The maximum Gasteiger partial charge on any atom is 0.200 e. The molecule has 6 aromatic carbocycles. The molecule has 0 aliphatic carbocycles. The Kier molecular flexibility index (Phi) is 10.5. The second-order valence-corrected chi connectivity index (χ2v) is 12.6. The third-order valence-electron chi connectivity index (χ3n) is 9.17. The lowest BCUT2D eigenvalue weighted by atomic mass is 9.79. The van der Waals surface area contributed by atoms with E-state index in [1.165, 1.54) is 6.07 Å². The molecule has 0 bridgehead atoms. The van der Waals surface area contributed by atoms with E-state index in [1.54, 1.807) is 0 Å². The molecule has 0 fully saturated rings. The second-order valence-electron chi connectivity index (χ2n) is 12.6. The molecule has 0 heterocycles. The zero-order valence-electron chi connectivity index (χ0n) is 28.5. The predicted molar refractivity (Wildman–Crippen MR) is 167 cm³/mol. The number of benzene rings is 6. The van der Waals surface area contributed by atoms with Crippen LogP contribution in [0.15, 0.2) is 36.4 Å². The Morgan fingerprint density at radius 1 is 0.271 bits per heavy atom. The van der Waals surface area contributed by atoms with E-state index in [-0.39, 0.29) is 11.8 Å². The summed E-state index contributed by atoms with van der Waals surface area (Å²) in [6.45, 7) is 0. The highest BCUT2D eigenvalue weighted by Gasteiger charge is 2.44. The van der Waals surface area contributed by atoms with Crippen LogP contribution in [0, 0.1) is 116 Å². The Bertz CT molecular complexity index is 2680. The van der Waals surface area contributed by atoms with Crippen molar-refractivity contribution in [2.45, 2.75) is 0 Å². The van der Waals surface area contributed by atoms with Gasteiger partial charge in [0.2, 0.25) is 23.3 Å². The summed E-state index contributed by atoms with van der Waals surface area (Å²) in [4.78, 5) is 0. The quantitative estimate of drug-likeness (QED) is 0.0677. The highest BCUT2D eigenvalue weighted by atomic mass is 19.2. The van der Waals surface area contributed by atoms with Gasteiger partial charge in [0.15, 0.2) is 93.1 Å². The van der Waals surface area contributed by atoms with E-state index in [9.17, 15) is 26.3 Å². The van der Waals surface area contributed by atoms with Crippen LogP contribution in [0.2, 0.25) is 0 Å². The van der Waals surface area contributed by atoms with Crippen molar-refractivity contribution in [3.63, 3.8) is 0 Å². The second kappa shape index (κ2) is 14.6. The molecule has 308 valence electrons. The van der Waals surface area contributed by atoms with Crippen LogP contribution in [0.1, 0.15) is 0 Å². The minimum atomic E-state index is -3.19. The van der Waals surface area contributed by atoms with Gasteiger partial charge in [-0.1, -0.05) is 18.2 Å². The molecular formula is C38H12F20N+. The summed E-state index contributed by atoms with van der Waals surface area (Å²) in [6, 6.07) is 5.47. The van der Waals surface area contributed by atoms with Crippen LogP contribution in [0.25, 0.3) is 44.5 Å². The molecule has 0 radical (unpaired) electrons. The standard InChI is InChI=1S/C38H12F20N/c1-59(2,9-6-4-3-5-7-9)11-8-10(13-19(39)27(47)35(55)28(48)20(13)40)12(16-21(41)29(49)36(56)30(50)22(16)42)15(18-25(45)33(53)38(58)34(54)26(18)46)14(11)17-23(43)31(51)37(57)32(52)24(17)44/h3-8H,1-2H3/q+1. The first kappa shape index (κ1) is 42.5. The van der Waals surface area contributed by atoms with E-state index in [2.05, 4.69) is 0 Å². The molecule has 0 unspecified atom stereocenters. The molecule has 59 heavy (non-hydrogen) atoms. The molecule has 21 heteroatoms. The Labute approximate surface area is 315 Å². The highest BCUT2D eigenvalue weighted by molar-refractivity contribution is 6.07. The molecule has 0 spiro atoms. The van der Waals surface area contributed by atoms with Gasteiger partial charge in [0.25, 0.3) is 0 Å². The topological polar surface area (TPSA) is 0 Å². The summed E-state index contributed by atoms with van der Waals surface area (Å²) in [7, 11) is 1.59. The fourth-order valence-electron chi connectivity index (χ4n) is 6.32. The van der Waals surface area contributed by atoms with Gasteiger partial charge >= 0.3 is 0 Å². The number of para-hydroxylation sites is 1. The van der Waals surface area contributed by atoms with Crippen molar-refractivity contribution >= 4 is 11.4 Å². The van der Waals surface area contributed by atoms with Crippen LogP contribution in [-0.4, -0.2) is 14.1 Å². The molecule has 0 N–H and O–H groups in total. The lowest BCUT2D eigenvalue weighted by molar-refractivity contribution is 0.379. The molecular weight excluding hydrogens is 850 g/mol. The molecule has 0 saturated heterocycles. The van der Waals surface area contributed by atoms with Crippen molar-refractivity contribution in [1.82, 2.24) is 4.48 Å². The lowest BCUT2D eigenvalue weighted by Crippen LogP contribution is -2.35. The van der Waals surface area contributed by atoms with E-state index >= 15 is 61.5 Å². The Balaban J connectivity index is 2.17. The smallest absolute Gasteiger partial charge is 0.200 e. The molecule has 0 saturated carbocycles. The van der Waals surface area contributed by atoms with E-state index in [0.717, 1.165) is 38.4 Å². The van der Waals surface area contributed by atoms with Gasteiger partial charge in [-0.05, 0) is 12.1 Å². The van der Waals surface area contributed by atoms with Gasteiger partial charge in [-0.3, -0.25) is 4.48 Å². The monoisotopic (exact) mass is 862 g/mol. The van der Waals surface area contributed by atoms with E-state index in [4.69, 9.17) is 0 Å². The Morgan fingerprint density at radius 3 is 0.847 bits per heavy atom.